The molecule has 2 aromatic carbocycles. The fourth-order valence-corrected chi connectivity index (χ4v) is 1.63. The largest absolute Gasteiger partial charge is 0.489 e. The van der Waals surface area contributed by atoms with Gasteiger partial charge in [-0.05, 0) is 29.8 Å². The Bertz CT molecular complexity index is 526. The smallest absolute Gasteiger partial charge is 0.349 e. The van der Waals surface area contributed by atoms with Crippen LogP contribution in [0.5, 0.6) is 5.75 Å². The average Bonchev–Trinajstić information content (AvgIpc) is 2.45. The maximum Gasteiger partial charge on any atom is 0.349 e. The molecular formula is C14H12O3S. The molecule has 18 heavy (non-hydrogen) atoms. The first-order chi connectivity index (χ1) is 8.79. The Balaban J connectivity index is 2.04. The highest BCUT2D eigenvalue weighted by Crippen LogP contribution is 2.13. The van der Waals surface area contributed by atoms with Crippen LogP contribution in [-0.2, 0) is 10.8 Å². The third-order valence-corrected chi connectivity index (χ3v) is 2.56. The molecule has 0 saturated heterocycles. The summed E-state index contributed by atoms with van der Waals surface area (Å²) in [7, 11) is 0. The van der Waals surface area contributed by atoms with Crippen molar-refractivity contribution in [3.8, 4) is 5.75 Å². The minimum Gasteiger partial charge on any atom is -0.489 e. The van der Waals surface area contributed by atoms with Gasteiger partial charge in [-0.2, -0.15) is 0 Å². The molecule has 92 valence electrons. The highest BCUT2D eigenvalue weighted by atomic mass is 32.1. The number of rotatable bonds is 4. The van der Waals surface area contributed by atoms with E-state index in [1.54, 1.807) is 18.2 Å². The highest BCUT2D eigenvalue weighted by molar-refractivity contribution is 7.75. The first-order valence-electron chi connectivity index (χ1n) is 5.42. The number of carbonyl (C=O) groups excluding carboxylic acids is 1. The van der Waals surface area contributed by atoms with Crippen LogP contribution < -0.4 is 4.74 Å². The zero-order chi connectivity index (χ0) is 12.8. The molecule has 0 spiro atoms. The van der Waals surface area contributed by atoms with Gasteiger partial charge in [-0.15, -0.1) is 0 Å². The van der Waals surface area contributed by atoms with Gasteiger partial charge in [0, 0.05) is 12.9 Å². The summed E-state index contributed by atoms with van der Waals surface area (Å²) in [6, 6.07) is 16.6. The Morgan fingerprint density at radius 3 is 2.56 bits per heavy atom. The number of carbonyl (C=O) groups is 1. The Morgan fingerprint density at radius 1 is 1.06 bits per heavy atom. The van der Waals surface area contributed by atoms with Crippen LogP contribution in [0.3, 0.4) is 0 Å². The van der Waals surface area contributed by atoms with Gasteiger partial charge >= 0.3 is 5.97 Å². The van der Waals surface area contributed by atoms with Crippen molar-refractivity contribution in [2.45, 2.75) is 6.61 Å². The van der Waals surface area contributed by atoms with Gasteiger partial charge in [0.1, 0.15) is 12.4 Å². The minimum absolute atomic E-state index is 0.401. The second-order valence-electron chi connectivity index (χ2n) is 3.68. The molecule has 0 aliphatic rings. The van der Waals surface area contributed by atoms with Crippen molar-refractivity contribution in [3.63, 3.8) is 0 Å². The molecule has 0 unspecified atom stereocenters. The van der Waals surface area contributed by atoms with Crippen LogP contribution in [0, 0.1) is 0 Å². The van der Waals surface area contributed by atoms with E-state index >= 15 is 0 Å². The lowest BCUT2D eigenvalue weighted by Gasteiger charge is -2.06. The van der Waals surface area contributed by atoms with Crippen molar-refractivity contribution < 1.29 is 13.7 Å². The molecule has 4 heteroatoms. The Kier molecular flexibility index (Phi) is 4.25. The third-order valence-electron chi connectivity index (χ3n) is 2.39. The minimum atomic E-state index is -0.472. The summed E-state index contributed by atoms with van der Waals surface area (Å²) in [5.41, 5.74) is 1.36. The average molecular weight is 260 g/mol. The van der Waals surface area contributed by atoms with Crippen LogP contribution in [0.4, 0.5) is 0 Å². The maximum absolute atomic E-state index is 11.3. The molecule has 2 rings (SSSR count). The van der Waals surface area contributed by atoms with E-state index < -0.39 is 5.97 Å². The molecule has 0 amide bonds. The van der Waals surface area contributed by atoms with Crippen molar-refractivity contribution in [3.05, 3.63) is 65.7 Å². The highest BCUT2D eigenvalue weighted by Gasteiger charge is 2.06. The standard InChI is InChI=1S/C14H12O3S/c15-14(17-18)12-6-4-5-11(9-12)10-16-13-7-2-1-3-8-13/h1-9,18H,10H2. The Morgan fingerprint density at radius 2 is 1.83 bits per heavy atom. The van der Waals surface area contributed by atoms with Crippen LogP contribution >= 0.6 is 12.9 Å². The zero-order valence-electron chi connectivity index (χ0n) is 9.58. The molecule has 3 nitrogen and oxygen atoms in total. The van der Waals surface area contributed by atoms with Crippen molar-refractivity contribution >= 4 is 18.9 Å². The molecule has 0 fully saturated rings. The van der Waals surface area contributed by atoms with Gasteiger partial charge in [-0.1, -0.05) is 30.3 Å². The first kappa shape index (κ1) is 12.5. The molecule has 0 radical (unpaired) electrons. The van der Waals surface area contributed by atoms with Crippen LogP contribution in [0.1, 0.15) is 15.9 Å². The van der Waals surface area contributed by atoms with E-state index in [0.29, 0.717) is 12.2 Å². The van der Waals surface area contributed by atoms with Crippen LogP contribution in [0.15, 0.2) is 54.6 Å². The monoisotopic (exact) mass is 260 g/mol. The van der Waals surface area contributed by atoms with E-state index in [1.165, 1.54) is 0 Å². The predicted molar refractivity (Wildman–Crippen MR) is 71.6 cm³/mol. The van der Waals surface area contributed by atoms with Crippen molar-refractivity contribution in [1.29, 1.82) is 0 Å². The number of hydrogen-bond donors (Lipinski definition) is 1. The van der Waals surface area contributed by atoms with Crippen molar-refractivity contribution in [2.75, 3.05) is 0 Å². The lowest BCUT2D eigenvalue weighted by Crippen LogP contribution is -2.01. The third kappa shape index (κ3) is 3.28. The van der Waals surface area contributed by atoms with E-state index in [2.05, 4.69) is 17.1 Å². The molecule has 0 bridgehead atoms. The SMILES string of the molecule is O=C(OS)c1cccc(COc2ccccc2)c1. The normalized spacial score (nSPS) is 9.83. The number of hydrogen-bond acceptors (Lipinski definition) is 4. The van der Waals surface area contributed by atoms with Gasteiger partial charge in [0.2, 0.25) is 0 Å². The van der Waals surface area contributed by atoms with Crippen molar-refractivity contribution in [2.24, 2.45) is 0 Å². The molecule has 0 atom stereocenters. The lowest BCUT2D eigenvalue weighted by atomic mass is 10.1. The summed E-state index contributed by atoms with van der Waals surface area (Å²) >= 11 is 3.49. The van der Waals surface area contributed by atoms with E-state index in [4.69, 9.17) is 4.74 Å². The van der Waals surface area contributed by atoms with Gasteiger partial charge in [-0.25, -0.2) is 4.79 Å². The van der Waals surface area contributed by atoms with E-state index in [-0.39, 0.29) is 0 Å². The molecule has 0 N–H and O–H groups in total. The summed E-state index contributed by atoms with van der Waals surface area (Å²) in [6.07, 6.45) is 0. The number of benzene rings is 2. The summed E-state index contributed by atoms with van der Waals surface area (Å²) in [5.74, 6) is 0.319. The molecule has 0 aromatic heterocycles. The molecule has 2 aromatic rings. The van der Waals surface area contributed by atoms with Crippen molar-refractivity contribution in [1.82, 2.24) is 0 Å². The maximum atomic E-state index is 11.3. The van der Waals surface area contributed by atoms with E-state index in [1.807, 2.05) is 36.4 Å². The van der Waals surface area contributed by atoms with Gasteiger partial charge in [-0.3, -0.25) is 0 Å². The fraction of sp³-hybridized carbons (Fsp3) is 0.0714. The van der Waals surface area contributed by atoms with Gasteiger partial charge in [0.15, 0.2) is 0 Å². The van der Waals surface area contributed by atoms with Gasteiger partial charge in [0.25, 0.3) is 0 Å². The van der Waals surface area contributed by atoms with E-state index in [9.17, 15) is 4.79 Å². The molecule has 0 aliphatic heterocycles. The number of para-hydroxylation sites is 1. The zero-order valence-corrected chi connectivity index (χ0v) is 10.5. The number of thiol groups is 1. The van der Waals surface area contributed by atoms with E-state index in [0.717, 1.165) is 11.3 Å². The van der Waals surface area contributed by atoms with Gasteiger partial charge in [0.05, 0.1) is 5.56 Å². The summed E-state index contributed by atoms with van der Waals surface area (Å²) < 4.78 is 9.96. The summed E-state index contributed by atoms with van der Waals surface area (Å²) in [5, 5.41) is 0. The second-order valence-corrected chi connectivity index (χ2v) is 3.86. The summed E-state index contributed by atoms with van der Waals surface area (Å²) in [6.45, 7) is 0.401. The first-order valence-corrected chi connectivity index (χ1v) is 5.78. The molecule has 0 saturated carbocycles. The van der Waals surface area contributed by atoms with Crippen LogP contribution in [0.2, 0.25) is 0 Å². The Labute approximate surface area is 111 Å². The topological polar surface area (TPSA) is 35.5 Å². The lowest BCUT2D eigenvalue weighted by molar-refractivity contribution is 0.0772. The predicted octanol–water partition coefficient (Wildman–Crippen LogP) is 3.27. The second kappa shape index (κ2) is 6.12. The number of ether oxygens (including phenoxy) is 1. The van der Waals surface area contributed by atoms with Crippen LogP contribution in [0.25, 0.3) is 0 Å². The fourth-order valence-electron chi connectivity index (χ4n) is 1.52. The quantitative estimate of drug-likeness (QED) is 0.677. The molecular weight excluding hydrogens is 248 g/mol. The van der Waals surface area contributed by atoms with Crippen LogP contribution in [-0.4, -0.2) is 5.97 Å². The molecule has 0 heterocycles. The molecule has 0 aliphatic carbocycles. The Hall–Kier alpha value is -1.94. The van der Waals surface area contributed by atoms with Gasteiger partial charge < -0.3 is 8.92 Å². The summed E-state index contributed by atoms with van der Waals surface area (Å²) in [4.78, 5) is 11.3.